The number of esters is 1. The molecule has 0 radical (unpaired) electrons. The quantitative estimate of drug-likeness (QED) is 0.345. The lowest BCUT2D eigenvalue weighted by Gasteiger charge is -2.29. The van der Waals surface area contributed by atoms with Gasteiger partial charge in [0, 0.05) is 19.1 Å². The van der Waals surface area contributed by atoms with Crippen LogP contribution in [-0.4, -0.2) is 50.1 Å². The van der Waals surface area contributed by atoms with Crippen LogP contribution in [0.25, 0.3) is 0 Å². The third-order valence-corrected chi connectivity index (χ3v) is 4.62. The second-order valence-electron chi connectivity index (χ2n) is 7.38. The first kappa shape index (κ1) is 22.3. The van der Waals surface area contributed by atoms with Gasteiger partial charge in [0.1, 0.15) is 0 Å². The SMILES string of the molecule is CCNC(=O)C(C)(C)CN=C(NCC)NC1CCC(C(=O)OCC)CC1. The van der Waals surface area contributed by atoms with Crippen molar-refractivity contribution in [1.82, 2.24) is 16.0 Å². The molecule has 0 heterocycles. The average molecular weight is 369 g/mol. The minimum Gasteiger partial charge on any atom is -0.466 e. The van der Waals surface area contributed by atoms with Gasteiger partial charge in [-0.15, -0.1) is 0 Å². The van der Waals surface area contributed by atoms with Crippen LogP contribution in [0.2, 0.25) is 0 Å². The lowest BCUT2D eigenvalue weighted by Crippen LogP contribution is -2.46. The maximum absolute atomic E-state index is 12.1. The molecule has 1 amide bonds. The van der Waals surface area contributed by atoms with E-state index in [9.17, 15) is 9.59 Å². The molecule has 26 heavy (non-hydrogen) atoms. The number of carbonyl (C=O) groups is 2. The number of aliphatic imine (C=N–C) groups is 1. The molecule has 0 aromatic carbocycles. The molecule has 0 aliphatic heterocycles. The third-order valence-electron chi connectivity index (χ3n) is 4.62. The topological polar surface area (TPSA) is 91.8 Å². The molecule has 0 spiro atoms. The largest absolute Gasteiger partial charge is 0.466 e. The van der Waals surface area contributed by atoms with Crippen molar-refractivity contribution in [2.45, 2.75) is 66.3 Å². The fourth-order valence-electron chi connectivity index (χ4n) is 3.00. The predicted octanol–water partition coefficient (Wildman–Crippen LogP) is 1.83. The molecule has 150 valence electrons. The number of carbonyl (C=O) groups excluding carboxylic acids is 2. The summed E-state index contributed by atoms with van der Waals surface area (Å²) >= 11 is 0. The van der Waals surface area contributed by atoms with Crippen LogP contribution in [-0.2, 0) is 14.3 Å². The highest BCUT2D eigenvalue weighted by molar-refractivity contribution is 5.83. The Kier molecular flexibility index (Phi) is 9.44. The van der Waals surface area contributed by atoms with Crippen molar-refractivity contribution in [3.63, 3.8) is 0 Å². The lowest BCUT2D eigenvalue weighted by atomic mass is 9.86. The van der Waals surface area contributed by atoms with Crippen molar-refractivity contribution in [2.24, 2.45) is 16.3 Å². The molecule has 0 unspecified atom stereocenters. The molecule has 1 saturated carbocycles. The lowest BCUT2D eigenvalue weighted by molar-refractivity contribution is -0.149. The van der Waals surface area contributed by atoms with E-state index in [0.29, 0.717) is 19.7 Å². The molecular formula is C19H36N4O3. The highest BCUT2D eigenvalue weighted by Crippen LogP contribution is 2.25. The molecule has 0 aromatic rings. The zero-order valence-corrected chi connectivity index (χ0v) is 17.0. The number of rotatable bonds is 8. The molecule has 1 aliphatic carbocycles. The smallest absolute Gasteiger partial charge is 0.308 e. The van der Waals surface area contributed by atoms with E-state index in [1.807, 2.05) is 34.6 Å². The van der Waals surface area contributed by atoms with Crippen molar-refractivity contribution < 1.29 is 14.3 Å². The van der Waals surface area contributed by atoms with E-state index in [-0.39, 0.29) is 23.8 Å². The predicted molar refractivity (Wildman–Crippen MR) is 104 cm³/mol. The van der Waals surface area contributed by atoms with Crippen molar-refractivity contribution in [3.05, 3.63) is 0 Å². The Labute approximate surface area is 157 Å². The normalized spacial score (nSPS) is 21.0. The maximum atomic E-state index is 12.1. The minimum absolute atomic E-state index is 0.00884. The van der Waals surface area contributed by atoms with Gasteiger partial charge in [0.15, 0.2) is 5.96 Å². The van der Waals surface area contributed by atoms with Crippen LogP contribution in [0, 0.1) is 11.3 Å². The Hall–Kier alpha value is -1.79. The summed E-state index contributed by atoms with van der Waals surface area (Å²) < 4.78 is 5.12. The van der Waals surface area contributed by atoms with Crippen LogP contribution < -0.4 is 16.0 Å². The Morgan fingerprint density at radius 1 is 1.04 bits per heavy atom. The van der Waals surface area contributed by atoms with E-state index >= 15 is 0 Å². The first-order valence-corrected chi connectivity index (χ1v) is 9.83. The summed E-state index contributed by atoms with van der Waals surface area (Å²) in [6.07, 6.45) is 3.49. The van der Waals surface area contributed by atoms with Crippen molar-refractivity contribution >= 4 is 17.8 Å². The standard InChI is InChI=1S/C19H36N4O3/c1-6-20-17(25)19(4,5)13-22-18(21-7-2)23-15-11-9-14(10-12-15)16(24)26-8-3/h14-15H,6-13H2,1-5H3,(H,20,25)(H2,21,22,23). The summed E-state index contributed by atoms with van der Waals surface area (Å²) in [6, 6.07) is 0.283. The second kappa shape index (κ2) is 11.0. The van der Waals surface area contributed by atoms with Gasteiger partial charge in [-0.2, -0.15) is 0 Å². The summed E-state index contributed by atoms with van der Waals surface area (Å²) in [4.78, 5) is 28.6. The number of nitrogens with zero attached hydrogens (tertiary/aromatic N) is 1. The number of hydrogen-bond donors (Lipinski definition) is 3. The zero-order valence-electron chi connectivity index (χ0n) is 17.0. The molecule has 1 rings (SSSR count). The summed E-state index contributed by atoms with van der Waals surface area (Å²) in [6.45, 7) is 11.8. The van der Waals surface area contributed by atoms with Gasteiger partial charge in [-0.25, -0.2) is 0 Å². The van der Waals surface area contributed by atoms with Crippen molar-refractivity contribution in [1.29, 1.82) is 0 Å². The highest BCUT2D eigenvalue weighted by Gasteiger charge is 2.29. The fraction of sp³-hybridized carbons (Fsp3) is 0.842. The van der Waals surface area contributed by atoms with Gasteiger partial charge in [0.25, 0.3) is 0 Å². The van der Waals surface area contributed by atoms with Crippen LogP contribution in [0.1, 0.15) is 60.3 Å². The summed E-state index contributed by atoms with van der Waals surface area (Å²) in [5, 5.41) is 9.55. The summed E-state index contributed by atoms with van der Waals surface area (Å²) in [7, 11) is 0. The molecule has 0 atom stereocenters. The Morgan fingerprint density at radius 2 is 1.65 bits per heavy atom. The Bertz CT molecular complexity index is 483. The molecule has 3 N–H and O–H groups in total. The van der Waals surface area contributed by atoms with Gasteiger partial charge in [-0.05, 0) is 60.3 Å². The fourth-order valence-corrected chi connectivity index (χ4v) is 3.00. The average Bonchev–Trinajstić information content (AvgIpc) is 2.61. The molecule has 0 bridgehead atoms. The van der Waals surface area contributed by atoms with Crippen LogP contribution in [0.3, 0.4) is 0 Å². The Balaban J connectivity index is 2.58. The number of nitrogens with one attached hydrogen (secondary N) is 3. The highest BCUT2D eigenvalue weighted by atomic mass is 16.5. The van der Waals surface area contributed by atoms with Crippen LogP contribution in [0.15, 0.2) is 4.99 Å². The van der Waals surface area contributed by atoms with Gasteiger partial charge < -0.3 is 20.7 Å². The monoisotopic (exact) mass is 368 g/mol. The Morgan fingerprint density at radius 3 is 2.19 bits per heavy atom. The van der Waals surface area contributed by atoms with E-state index in [4.69, 9.17) is 4.74 Å². The van der Waals surface area contributed by atoms with Crippen LogP contribution in [0.5, 0.6) is 0 Å². The van der Waals surface area contributed by atoms with E-state index in [2.05, 4.69) is 20.9 Å². The number of hydrogen-bond acceptors (Lipinski definition) is 4. The molecule has 7 nitrogen and oxygen atoms in total. The van der Waals surface area contributed by atoms with Crippen molar-refractivity contribution in [3.8, 4) is 0 Å². The van der Waals surface area contributed by atoms with E-state index in [1.165, 1.54) is 0 Å². The first-order chi connectivity index (χ1) is 12.3. The third kappa shape index (κ3) is 7.22. The van der Waals surface area contributed by atoms with Crippen LogP contribution in [0.4, 0.5) is 0 Å². The van der Waals surface area contributed by atoms with E-state index in [0.717, 1.165) is 38.2 Å². The number of ether oxygens (including phenoxy) is 1. The van der Waals surface area contributed by atoms with Gasteiger partial charge in [0.05, 0.1) is 24.5 Å². The van der Waals surface area contributed by atoms with Gasteiger partial charge in [0.2, 0.25) is 5.91 Å². The molecule has 0 saturated heterocycles. The minimum atomic E-state index is -0.556. The summed E-state index contributed by atoms with van der Waals surface area (Å²) in [5.41, 5.74) is -0.556. The van der Waals surface area contributed by atoms with Gasteiger partial charge in [-0.1, -0.05) is 0 Å². The molecule has 7 heteroatoms. The number of amides is 1. The van der Waals surface area contributed by atoms with Crippen molar-refractivity contribution in [2.75, 3.05) is 26.2 Å². The zero-order chi connectivity index (χ0) is 19.6. The molecule has 1 fully saturated rings. The first-order valence-electron chi connectivity index (χ1n) is 9.83. The summed E-state index contributed by atoms with van der Waals surface area (Å²) in [5.74, 6) is 0.679. The second-order valence-corrected chi connectivity index (χ2v) is 7.38. The maximum Gasteiger partial charge on any atom is 0.308 e. The number of guanidine groups is 1. The van der Waals surface area contributed by atoms with Gasteiger partial charge >= 0.3 is 5.97 Å². The molecular weight excluding hydrogens is 332 g/mol. The van der Waals surface area contributed by atoms with Gasteiger partial charge in [-0.3, -0.25) is 14.6 Å². The molecule has 1 aliphatic rings. The van der Waals surface area contributed by atoms with E-state index < -0.39 is 5.41 Å². The van der Waals surface area contributed by atoms with Crippen LogP contribution >= 0.6 is 0 Å². The molecule has 0 aromatic heterocycles. The van der Waals surface area contributed by atoms with E-state index in [1.54, 1.807) is 0 Å².